The van der Waals surface area contributed by atoms with Gasteiger partial charge in [-0.25, -0.2) is 4.79 Å². The zero-order chi connectivity index (χ0) is 24.7. The number of aryl methyl sites for hydroxylation is 1. The number of hydrogen-bond acceptors (Lipinski definition) is 8. The van der Waals surface area contributed by atoms with Crippen molar-refractivity contribution in [3.63, 3.8) is 0 Å². The molecular formula is C26H26O8. The fourth-order valence-corrected chi connectivity index (χ4v) is 4.37. The van der Waals surface area contributed by atoms with Crippen LogP contribution in [0, 0.1) is 12.8 Å². The van der Waals surface area contributed by atoms with Crippen LogP contribution in [0.25, 0.3) is 11.0 Å². The van der Waals surface area contributed by atoms with E-state index in [4.69, 9.17) is 18.6 Å². The molecule has 34 heavy (non-hydrogen) atoms. The van der Waals surface area contributed by atoms with Gasteiger partial charge in [-0.05, 0) is 31.4 Å². The number of para-hydroxylation sites is 1. The molecule has 8 heteroatoms. The molecule has 0 saturated carbocycles. The van der Waals surface area contributed by atoms with Gasteiger partial charge in [0, 0.05) is 23.1 Å². The number of aromatic hydroxyl groups is 1. The summed E-state index contributed by atoms with van der Waals surface area (Å²) in [5.74, 6) is -1.11. The highest BCUT2D eigenvalue weighted by molar-refractivity contribution is 6.09. The molecule has 1 atom stereocenters. The Hall–Kier alpha value is -3.81. The zero-order valence-electron chi connectivity index (χ0n) is 19.7. The highest BCUT2D eigenvalue weighted by Gasteiger charge is 2.38. The molecule has 1 aromatic heterocycles. The lowest BCUT2D eigenvalue weighted by Crippen LogP contribution is -2.24. The van der Waals surface area contributed by atoms with Gasteiger partial charge in [-0.1, -0.05) is 26.0 Å². The number of carbonyl (C=O) groups is 2. The van der Waals surface area contributed by atoms with Gasteiger partial charge in [-0.15, -0.1) is 0 Å². The Morgan fingerprint density at radius 3 is 2.65 bits per heavy atom. The van der Waals surface area contributed by atoms with Crippen LogP contribution in [0.1, 0.15) is 60.2 Å². The van der Waals surface area contributed by atoms with Crippen LogP contribution in [-0.2, 0) is 4.79 Å². The summed E-state index contributed by atoms with van der Waals surface area (Å²) in [7, 11) is 1.52. The van der Waals surface area contributed by atoms with E-state index in [1.165, 1.54) is 20.1 Å². The fourth-order valence-electron chi connectivity index (χ4n) is 4.37. The lowest BCUT2D eigenvalue weighted by molar-refractivity contribution is -0.135. The predicted octanol–water partition coefficient (Wildman–Crippen LogP) is 4.49. The van der Waals surface area contributed by atoms with E-state index in [2.05, 4.69) is 0 Å². The summed E-state index contributed by atoms with van der Waals surface area (Å²) in [6, 6.07) is 6.56. The van der Waals surface area contributed by atoms with E-state index in [0.717, 1.165) is 0 Å². The number of phenols is 1. The molecule has 4 rings (SSSR count). The number of esters is 1. The second-order valence-corrected chi connectivity index (χ2v) is 8.79. The maximum atomic E-state index is 12.7. The Labute approximate surface area is 196 Å². The molecule has 0 amide bonds. The van der Waals surface area contributed by atoms with Crippen molar-refractivity contribution in [1.29, 1.82) is 0 Å². The Morgan fingerprint density at radius 2 is 2.00 bits per heavy atom. The van der Waals surface area contributed by atoms with Crippen molar-refractivity contribution in [1.82, 2.24) is 0 Å². The minimum atomic E-state index is -0.681. The van der Waals surface area contributed by atoms with Crippen molar-refractivity contribution >= 4 is 22.7 Å². The molecule has 1 aliphatic heterocycles. The molecule has 1 aliphatic rings. The average molecular weight is 466 g/mol. The van der Waals surface area contributed by atoms with Gasteiger partial charge in [-0.2, -0.15) is 0 Å². The zero-order valence-corrected chi connectivity index (χ0v) is 19.7. The second-order valence-electron chi connectivity index (χ2n) is 8.79. The average Bonchev–Trinajstić information content (AvgIpc) is 2.75. The summed E-state index contributed by atoms with van der Waals surface area (Å²) >= 11 is 0. The van der Waals surface area contributed by atoms with E-state index in [9.17, 15) is 19.5 Å². The molecule has 0 unspecified atom stereocenters. The molecule has 0 aliphatic carbocycles. The van der Waals surface area contributed by atoms with Crippen molar-refractivity contribution in [3.8, 4) is 23.0 Å². The van der Waals surface area contributed by atoms with E-state index < -0.39 is 29.0 Å². The number of fused-ring (bicyclic) bond motifs is 3. The fraction of sp³-hybridized carbons (Fsp3) is 0.346. The first-order valence-corrected chi connectivity index (χ1v) is 11.0. The van der Waals surface area contributed by atoms with Crippen LogP contribution in [0.15, 0.2) is 33.5 Å². The summed E-state index contributed by atoms with van der Waals surface area (Å²) in [6.07, 6.45) is -0.0902. The van der Waals surface area contributed by atoms with Crippen molar-refractivity contribution in [2.45, 2.75) is 40.0 Å². The third-order valence-corrected chi connectivity index (χ3v) is 5.80. The van der Waals surface area contributed by atoms with Crippen LogP contribution >= 0.6 is 0 Å². The molecular weight excluding hydrogens is 440 g/mol. The Balaban J connectivity index is 2.11. The van der Waals surface area contributed by atoms with Crippen LogP contribution in [0.3, 0.4) is 0 Å². The maximum absolute atomic E-state index is 12.7. The summed E-state index contributed by atoms with van der Waals surface area (Å²) in [6.45, 7) is 7.34. The Morgan fingerprint density at radius 1 is 1.26 bits per heavy atom. The molecule has 8 nitrogen and oxygen atoms in total. The lowest BCUT2D eigenvalue weighted by atomic mass is 9.82. The van der Waals surface area contributed by atoms with Crippen molar-refractivity contribution < 1.29 is 33.3 Å². The van der Waals surface area contributed by atoms with Gasteiger partial charge in [0.2, 0.25) is 0 Å². The van der Waals surface area contributed by atoms with E-state index in [1.54, 1.807) is 25.1 Å². The van der Waals surface area contributed by atoms with Crippen molar-refractivity contribution in [2.24, 2.45) is 5.92 Å². The molecule has 0 saturated heterocycles. The lowest BCUT2D eigenvalue weighted by Gasteiger charge is -2.29. The minimum Gasteiger partial charge on any atom is -0.506 e. The minimum absolute atomic E-state index is 0.0672. The summed E-state index contributed by atoms with van der Waals surface area (Å²) in [5.41, 5.74) is 0.693. The number of ether oxygens (including phenoxy) is 3. The van der Waals surface area contributed by atoms with Crippen LogP contribution in [0.5, 0.6) is 23.0 Å². The van der Waals surface area contributed by atoms with Crippen molar-refractivity contribution in [3.05, 3.63) is 56.9 Å². The van der Waals surface area contributed by atoms with Gasteiger partial charge in [0.15, 0.2) is 23.0 Å². The smallest absolute Gasteiger partial charge is 0.336 e. The number of phenolic OH excluding ortho intramolecular Hbond substituents is 1. The summed E-state index contributed by atoms with van der Waals surface area (Å²) in [4.78, 5) is 37.6. The van der Waals surface area contributed by atoms with Crippen LogP contribution in [0.2, 0.25) is 0 Å². The van der Waals surface area contributed by atoms with Gasteiger partial charge in [0.25, 0.3) is 0 Å². The Kier molecular flexibility index (Phi) is 6.08. The van der Waals surface area contributed by atoms with E-state index in [0.29, 0.717) is 34.8 Å². The molecule has 1 N–H and O–H groups in total. The third kappa shape index (κ3) is 3.89. The predicted molar refractivity (Wildman–Crippen MR) is 124 cm³/mol. The number of carbonyl (C=O) groups excluding carboxylic acids is 2. The number of benzene rings is 2. The number of ketones is 1. The van der Waals surface area contributed by atoms with Crippen LogP contribution in [-0.4, -0.2) is 30.6 Å². The third-order valence-electron chi connectivity index (χ3n) is 5.80. The van der Waals surface area contributed by atoms with Crippen molar-refractivity contribution in [2.75, 3.05) is 13.7 Å². The number of methoxy groups -OCH3 is 1. The number of hydrogen-bond donors (Lipinski definition) is 1. The highest BCUT2D eigenvalue weighted by atomic mass is 16.5. The van der Waals surface area contributed by atoms with E-state index >= 15 is 0 Å². The monoisotopic (exact) mass is 466 g/mol. The first-order valence-electron chi connectivity index (χ1n) is 11.0. The van der Waals surface area contributed by atoms with E-state index in [1.807, 2.05) is 13.8 Å². The van der Waals surface area contributed by atoms with Gasteiger partial charge < -0.3 is 23.7 Å². The number of rotatable bonds is 6. The van der Waals surface area contributed by atoms with Crippen LogP contribution < -0.4 is 19.8 Å². The van der Waals surface area contributed by atoms with E-state index in [-0.39, 0.29) is 34.6 Å². The summed E-state index contributed by atoms with van der Waals surface area (Å²) in [5, 5.41) is 11.2. The topological polar surface area (TPSA) is 112 Å². The van der Waals surface area contributed by atoms with Gasteiger partial charge in [-0.3, -0.25) is 9.59 Å². The summed E-state index contributed by atoms with van der Waals surface area (Å²) < 4.78 is 22.7. The van der Waals surface area contributed by atoms with Gasteiger partial charge >= 0.3 is 11.6 Å². The highest BCUT2D eigenvalue weighted by Crippen LogP contribution is 2.51. The van der Waals surface area contributed by atoms with Crippen LogP contribution in [0.4, 0.5) is 0 Å². The molecule has 0 fully saturated rings. The van der Waals surface area contributed by atoms with Gasteiger partial charge in [0.1, 0.15) is 16.9 Å². The SMILES string of the molecule is COc1cccc([C@@H]2CC(=O)Oc3c(C(C)=O)c(O)c4c(C)cc(=O)oc4c32)c1OCC(C)C. The first kappa shape index (κ1) is 23.4. The standard InChI is InChI=1S/C26H26O8/c1-12(2)11-32-24-15(7-6-8-17(24)31-5)16-10-19(29)34-26-21(14(4)27)23(30)20-13(3)9-18(28)33-25(20)22(16)26/h6-9,12,16,30H,10-11H2,1-5H3/t16-/m0/s1. The molecule has 2 aromatic carbocycles. The molecule has 0 spiro atoms. The molecule has 0 bridgehead atoms. The largest absolute Gasteiger partial charge is 0.506 e. The normalized spacial score (nSPS) is 15.2. The second kappa shape index (κ2) is 8.85. The maximum Gasteiger partial charge on any atom is 0.336 e. The quantitative estimate of drug-likeness (QED) is 0.245. The number of Topliss-reactive ketones (excluding diaryl/α,β-unsaturated/α-hetero) is 1. The Bertz CT molecular complexity index is 1370. The molecule has 0 radical (unpaired) electrons. The molecule has 2 heterocycles. The van der Waals surface area contributed by atoms with Gasteiger partial charge in [0.05, 0.1) is 25.5 Å². The molecule has 3 aromatic rings. The first-order chi connectivity index (χ1) is 16.1. The molecule has 178 valence electrons.